The maximum atomic E-state index is 12.5. The van der Waals surface area contributed by atoms with Gasteiger partial charge in [0.1, 0.15) is 5.82 Å². The second kappa shape index (κ2) is 4.30. The zero-order valence-electron chi connectivity index (χ0n) is 7.37. The fraction of sp³-hybridized carbons (Fsp3) is 0.375. The number of rotatable bonds is 3. The maximum Gasteiger partial charge on any atom is 0.267 e. The largest absolute Gasteiger partial charge is 0.392 e. The van der Waals surface area contributed by atoms with Crippen LogP contribution in [0.4, 0.5) is 14.6 Å². The summed E-state index contributed by atoms with van der Waals surface area (Å²) in [5.41, 5.74) is 10.6. The summed E-state index contributed by atoms with van der Waals surface area (Å²) in [4.78, 5) is 3.59. The minimum Gasteiger partial charge on any atom is -0.392 e. The van der Waals surface area contributed by atoms with Gasteiger partial charge in [0.2, 0.25) is 0 Å². The van der Waals surface area contributed by atoms with Gasteiger partial charge in [-0.1, -0.05) is 0 Å². The van der Waals surface area contributed by atoms with E-state index >= 15 is 0 Å². The number of anilines is 1. The van der Waals surface area contributed by atoms with E-state index in [2.05, 4.69) is 4.98 Å². The van der Waals surface area contributed by atoms with E-state index in [1.54, 1.807) is 0 Å². The summed E-state index contributed by atoms with van der Waals surface area (Å²) in [5, 5.41) is 8.93. The van der Waals surface area contributed by atoms with Crippen molar-refractivity contribution in [1.82, 2.24) is 4.98 Å². The van der Waals surface area contributed by atoms with E-state index in [0.717, 1.165) is 0 Å². The van der Waals surface area contributed by atoms with Crippen molar-refractivity contribution in [1.29, 1.82) is 0 Å². The lowest BCUT2D eigenvalue weighted by atomic mass is 10.0. The number of nitrogen functional groups attached to an aromatic ring is 1. The lowest BCUT2D eigenvalue weighted by molar-refractivity contribution is 0.147. The predicted octanol–water partition coefficient (Wildman–Crippen LogP) is 0.552. The Hall–Kier alpha value is -1.27. The van der Waals surface area contributed by atoms with E-state index in [-0.39, 0.29) is 17.9 Å². The first-order valence-corrected chi connectivity index (χ1v) is 3.97. The summed E-state index contributed by atoms with van der Waals surface area (Å²) in [6.45, 7) is -0.470. The monoisotopic (exact) mass is 203 g/mol. The fourth-order valence-corrected chi connectivity index (χ4v) is 1.23. The topological polar surface area (TPSA) is 85.2 Å². The quantitative estimate of drug-likeness (QED) is 0.669. The van der Waals surface area contributed by atoms with E-state index in [1.165, 1.54) is 6.20 Å². The van der Waals surface area contributed by atoms with Gasteiger partial charge in [-0.25, -0.2) is 13.8 Å². The maximum absolute atomic E-state index is 12.5. The Morgan fingerprint density at radius 2 is 2.14 bits per heavy atom. The highest BCUT2D eigenvalue weighted by Gasteiger charge is 2.19. The number of aliphatic hydroxyl groups is 1. The Morgan fingerprint density at radius 1 is 1.50 bits per heavy atom. The molecule has 0 aliphatic heterocycles. The molecular formula is C8H11F2N3O. The van der Waals surface area contributed by atoms with Crippen molar-refractivity contribution in [2.45, 2.75) is 19.6 Å². The minimum absolute atomic E-state index is 0.0445. The van der Waals surface area contributed by atoms with E-state index in [9.17, 15) is 8.78 Å². The highest BCUT2D eigenvalue weighted by molar-refractivity contribution is 5.48. The van der Waals surface area contributed by atoms with Gasteiger partial charge >= 0.3 is 0 Å². The molecule has 1 aromatic heterocycles. The average Bonchev–Trinajstić information content (AvgIpc) is 2.16. The molecular weight excluding hydrogens is 192 g/mol. The van der Waals surface area contributed by atoms with Gasteiger partial charge in [-0.05, 0) is 11.1 Å². The number of hydrogen-bond donors (Lipinski definition) is 3. The van der Waals surface area contributed by atoms with Crippen LogP contribution < -0.4 is 11.5 Å². The van der Waals surface area contributed by atoms with Crippen LogP contribution in [0.3, 0.4) is 0 Å². The lowest BCUT2D eigenvalue weighted by Crippen LogP contribution is -2.10. The van der Waals surface area contributed by atoms with Crippen LogP contribution in [0.25, 0.3) is 0 Å². The van der Waals surface area contributed by atoms with Gasteiger partial charge in [-0.2, -0.15) is 0 Å². The summed E-state index contributed by atoms with van der Waals surface area (Å²) in [7, 11) is 0. The van der Waals surface area contributed by atoms with Crippen LogP contribution in [0.15, 0.2) is 6.20 Å². The third-order valence-electron chi connectivity index (χ3n) is 1.94. The molecule has 0 amide bonds. The average molecular weight is 203 g/mol. The molecule has 0 saturated heterocycles. The molecule has 1 rings (SSSR count). The number of nitrogens with two attached hydrogens (primary N) is 2. The van der Waals surface area contributed by atoms with Crippen LogP contribution in [-0.4, -0.2) is 10.1 Å². The van der Waals surface area contributed by atoms with Crippen LogP contribution in [0.5, 0.6) is 0 Å². The number of aliphatic hydroxyl groups excluding tert-OH is 1. The molecule has 1 aromatic rings. The van der Waals surface area contributed by atoms with Crippen LogP contribution in [-0.2, 0) is 13.2 Å². The van der Waals surface area contributed by atoms with Gasteiger partial charge in [-0.3, -0.25) is 0 Å². The summed E-state index contributed by atoms with van der Waals surface area (Å²) >= 11 is 0. The van der Waals surface area contributed by atoms with E-state index in [1.807, 2.05) is 0 Å². The smallest absolute Gasteiger partial charge is 0.267 e. The third kappa shape index (κ3) is 1.80. The number of alkyl halides is 2. The summed E-state index contributed by atoms with van der Waals surface area (Å²) in [5.74, 6) is -0.263. The molecule has 0 aliphatic carbocycles. The first-order valence-electron chi connectivity index (χ1n) is 3.97. The second-order valence-corrected chi connectivity index (χ2v) is 2.72. The molecule has 1 heterocycles. The number of hydrogen-bond acceptors (Lipinski definition) is 4. The van der Waals surface area contributed by atoms with Gasteiger partial charge in [0, 0.05) is 12.7 Å². The van der Waals surface area contributed by atoms with E-state index < -0.39 is 18.6 Å². The predicted molar refractivity (Wildman–Crippen MR) is 47.4 cm³/mol. The molecule has 0 atom stereocenters. The molecule has 4 nitrogen and oxygen atoms in total. The number of aromatic nitrogens is 1. The zero-order chi connectivity index (χ0) is 10.7. The molecule has 0 spiro atoms. The highest BCUT2D eigenvalue weighted by atomic mass is 19.3. The van der Waals surface area contributed by atoms with Gasteiger partial charge in [0.25, 0.3) is 6.43 Å². The Labute approximate surface area is 79.6 Å². The molecule has 78 valence electrons. The Bertz CT molecular complexity index is 331. The molecule has 0 bridgehead atoms. The minimum atomic E-state index is -2.75. The number of pyridine rings is 1. The molecule has 0 saturated carbocycles. The van der Waals surface area contributed by atoms with Crippen molar-refractivity contribution in [2.75, 3.05) is 5.73 Å². The lowest BCUT2D eigenvalue weighted by Gasteiger charge is -2.12. The standard InChI is InChI=1S/C8H11F2N3O/c9-7(10)6-5(3-14)4(1-11)2-13-8(6)12/h2,7,14H,1,3,11H2,(H2,12,13). The summed E-state index contributed by atoms with van der Waals surface area (Å²) in [6, 6.07) is 0. The van der Waals surface area contributed by atoms with Crippen LogP contribution in [0.2, 0.25) is 0 Å². The van der Waals surface area contributed by atoms with Crippen molar-refractivity contribution < 1.29 is 13.9 Å². The van der Waals surface area contributed by atoms with Crippen molar-refractivity contribution in [3.63, 3.8) is 0 Å². The van der Waals surface area contributed by atoms with Crippen molar-refractivity contribution >= 4 is 5.82 Å². The normalized spacial score (nSPS) is 10.9. The SMILES string of the molecule is NCc1cnc(N)c(C(F)F)c1CO. The molecule has 14 heavy (non-hydrogen) atoms. The molecule has 6 heteroatoms. The second-order valence-electron chi connectivity index (χ2n) is 2.72. The zero-order valence-corrected chi connectivity index (χ0v) is 7.37. The van der Waals surface area contributed by atoms with Crippen LogP contribution in [0.1, 0.15) is 23.1 Å². The molecule has 5 N–H and O–H groups in total. The fourth-order valence-electron chi connectivity index (χ4n) is 1.23. The van der Waals surface area contributed by atoms with E-state index in [0.29, 0.717) is 5.56 Å². The number of nitrogens with zero attached hydrogens (tertiary/aromatic N) is 1. The Morgan fingerprint density at radius 3 is 2.57 bits per heavy atom. The molecule has 0 unspecified atom stereocenters. The third-order valence-corrected chi connectivity index (χ3v) is 1.94. The number of halogens is 2. The Kier molecular flexibility index (Phi) is 3.32. The highest BCUT2D eigenvalue weighted by Crippen LogP contribution is 2.29. The Balaban J connectivity index is 3.35. The molecule has 0 radical (unpaired) electrons. The first-order chi connectivity index (χ1) is 6.61. The van der Waals surface area contributed by atoms with Crippen molar-refractivity contribution in [3.8, 4) is 0 Å². The van der Waals surface area contributed by atoms with E-state index in [4.69, 9.17) is 16.6 Å². The van der Waals surface area contributed by atoms with Gasteiger partial charge in [-0.15, -0.1) is 0 Å². The molecule has 0 aromatic carbocycles. The van der Waals surface area contributed by atoms with Crippen LogP contribution in [0, 0.1) is 0 Å². The summed E-state index contributed by atoms with van der Waals surface area (Å²) < 4.78 is 25.0. The van der Waals surface area contributed by atoms with Gasteiger partial charge in [0.05, 0.1) is 12.2 Å². The van der Waals surface area contributed by atoms with Crippen LogP contribution >= 0.6 is 0 Å². The van der Waals surface area contributed by atoms with Gasteiger partial charge in [0.15, 0.2) is 0 Å². The first kappa shape index (κ1) is 10.8. The summed E-state index contributed by atoms with van der Waals surface area (Å²) in [6.07, 6.45) is -1.46. The van der Waals surface area contributed by atoms with Crippen molar-refractivity contribution in [3.05, 3.63) is 22.9 Å². The van der Waals surface area contributed by atoms with Crippen molar-refractivity contribution in [2.24, 2.45) is 5.73 Å². The molecule has 0 fully saturated rings. The molecule has 0 aliphatic rings. The van der Waals surface area contributed by atoms with Gasteiger partial charge < -0.3 is 16.6 Å².